The first-order chi connectivity index (χ1) is 11.7. The van der Waals surface area contributed by atoms with Gasteiger partial charge >= 0.3 is 6.09 Å². The number of ether oxygens (including phenoxy) is 1. The molecular weight excluding hydrogens is 356 g/mol. The molecule has 6 heteroatoms. The van der Waals surface area contributed by atoms with Gasteiger partial charge in [0.05, 0.1) is 9.88 Å². The number of halogens is 1. The Labute approximate surface area is 156 Å². The summed E-state index contributed by atoms with van der Waals surface area (Å²) in [6, 6.07) is 7.84. The highest BCUT2D eigenvalue weighted by atomic mass is 35.5. The third-order valence-corrected chi connectivity index (χ3v) is 6.43. The van der Waals surface area contributed by atoms with E-state index in [2.05, 4.69) is 10.3 Å². The molecule has 3 fully saturated rings. The van der Waals surface area contributed by atoms with Crippen molar-refractivity contribution in [3.8, 4) is 10.4 Å². The molecule has 0 unspecified atom stereocenters. The van der Waals surface area contributed by atoms with Crippen molar-refractivity contribution in [3.05, 3.63) is 40.5 Å². The average molecular weight is 377 g/mol. The zero-order chi connectivity index (χ0) is 17.9. The van der Waals surface area contributed by atoms with Gasteiger partial charge in [-0.05, 0) is 57.7 Å². The minimum atomic E-state index is -0.464. The Balaban J connectivity index is 1.40. The van der Waals surface area contributed by atoms with Crippen molar-refractivity contribution in [2.45, 2.75) is 56.6 Å². The van der Waals surface area contributed by atoms with Gasteiger partial charge in [0.25, 0.3) is 0 Å². The monoisotopic (exact) mass is 376 g/mol. The maximum Gasteiger partial charge on any atom is 0.408 e. The molecule has 0 radical (unpaired) electrons. The van der Waals surface area contributed by atoms with Crippen LogP contribution in [-0.4, -0.2) is 22.2 Å². The Hall–Kier alpha value is -1.59. The van der Waals surface area contributed by atoms with Crippen LogP contribution < -0.4 is 5.32 Å². The van der Waals surface area contributed by atoms with E-state index >= 15 is 0 Å². The van der Waals surface area contributed by atoms with Gasteiger partial charge in [0.15, 0.2) is 0 Å². The van der Waals surface area contributed by atoms with Crippen LogP contribution in [0.1, 0.15) is 45.0 Å². The quantitative estimate of drug-likeness (QED) is 0.804. The van der Waals surface area contributed by atoms with Gasteiger partial charge in [0.1, 0.15) is 5.60 Å². The molecule has 0 atom stereocenters. The van der Waals surface area contributed by atoms with Gasteiger partial charge in [-0.1, -0.05) is 23.7 Å². The maximum absolute atomic E-state index is 12.0. The molecule has 132 valence electrons. The lowest BCUT2D eigenvalue weighted by Gasteiger charge is -2.69. The first kappa shape index (κ1) is 16.9. The number of aromatic nitrogens is 1. The molecule has 0 aliphatic heterocycles. The lowest BCUT2D eigenvalue weighted by Crippen LogP contribution is -2.76. The van der Waals surface area contributed by atoms with Crippen molar-refractivity contribution < 1.29 is 9.53 Å². The Morgan fingerprint density at radius 3 is 2.48 bits per heavy atom. The molecule has 2 aromatic rings. The van der Waals surface area contributed by atoms with Crippen molar-refractivity contribution in [3.63, 3.8) is 0 Å². The normalized spacial score (nSPS) is 27.2. The Kier molecular flexibility index (Phi) is 3.68. The van der Waals surface area contributed by atoms with Crippen LogP contribution in [0.3, 0.4) is 0 Å². The molecule has 4 nitrogen and oxygen atoms in total. The van der Waals surface area contributed by atoms with Gasteiger partial charge in [0.2, 0.25) is 0 Å². The molecule has 1 N–H and O–H groups in total. The van der Waals surface area contributed by atoms with E-state index in [1.807, 2.05) is 51.2 Å². The molecule has 3 aliphatic carbocycles. The van der Waals surface area contributed by atoms with Gasteiger partial charge in [0, 0.05) is 22.2 Å². The van der Waals surface area contributed by atoms with E-state index in [9.17, 15) is 4.79 Å². The predicted octanol–water partition coefficient (Wildman–Crippen LogP) is 5.16. The standard InChI is InChI=1S/C19H21ClN2O2S/c1-17(2,3)24-16(23)22-19-9-18(10-19,11-19)15-21-8-14(25-15)12-4-6-13(20)7-5-12/h4-8H,9-11H2,1-3H3,(H,22,23). The first-order valence-corrected chi connectivity index (χ1v) is 9.62. The van der Waals surface area contributed by atoms with Crippen LogP contribution in [0, 0.1) is 0 Å². The van der Waals surface area contributed by atoms with E-state index in [0.29, 0.717) is 0 Å². The summed E-state index contributed by atoms with van der Waals surface area (Å²) in [5.41, 5.74) is 0.730. The van der Waals surface area contributed by atoms with Crippen LogP contribution in [0.15, 0.2) is 30.5 Å². The van der Waals surface area contributed by atoms with Gasteiger partial charge in [-0.3, -0.25) is 0 Å². The lowest BCUT2D eigenvalue weighted by molar-refractivity contribution is -0.0884. The fourth-order valence-electron chi connectivity index (χ4n) is 3.93. The van der Waals surface area contributed by atoms with Gasteiger partial charge < -0.3 is 10.1 Å². The van der Waals surface area contributed by atoms with Crippen LogP contribution in [0.25, 0.3) is 10.4 Å². The lowest BCUT2D eigenvalue weighted by atomic mass is 9.39. The summed E-state index contributed by atoms with van der Waals surface area (Å²) in [5.74, 6) is 0. The smallest absolute Gasteiger partial charge is 0.408 e. The van der Waals surface area contributed by atoms with Crippen LogP contribution in [-0.2, 0) is 10.2 Å². The van der Waals surface area contributed by atoms with Crippen LogP contribution >= 0.6 is 22.9 Å². The fourth-order valence-corrected chi connectivity index (χ4v) is 5.17. The second-order valence-corrected chi connectivity index (χ2v) is 9.72. The van der Waals surface area contributed by atoms with Crippen LogP contribution in [0.2, 0.25) is 5.02 Å². The highest BCUT2D eigenvalue weighted by molar-refractivity contribution is 7.15. The number of amides is 1. The molecule has 1 aromatic carbocycles. The summed E-state index contributed by atoms with van der Waals surface area (Å²) < 4.78 is 5.37. The number of hydrogen-bond acceptors (Lipinski definition) is 4. The van der Waals surface area contributed by atoms with E-state index in [1.54, 1.807) is 11.3 Å². The summed E-state index contributed by atoms with van der Waals surface area (Å²) >= 11 is 7.70. The Morgan fingerprint density at radius 1 is 1.24 bits per heavy atom. The molecule has 3 saturated carbocycles. The number of nitrogens with zero attached hydrogens (tertiary/aromatic N) is 1. The number of hydrogen-bond donors (Lipinski definition) is 1. The number of nitrogens with one attached hydrogen (secondary N) is 1. The van der Waals surface area contributed by atoms with E-state index in [-0.39, 0.29) is 17.0 Å². The number of rotatable bonds is 3. The molecule has 2 bridgehead atoms. The van der Waals surface area contributed by atoms with Crippen LogP contribution in [0.5, 0.6) is 0 Å². The molecule has 1 heterocycles. The minimum Gasteiger partial charge on any atom is -0.444 e. The van der Waals surface area contributed by atoms with E-state index < -0.39 is 5.60 Å². The zero-order valence-corrected chi connectivity index (χ0v) is 16.1. The third kappa shape index (κ3) is 3.04. The second kappa shape index (κ2) is 5.45. The molecule has 5 rings (SSSR count). The van der Waals surface area contributed by atoms with E-state index in [4.69, 9.17) is 16.3 Å². The zero-order valence-electron chi connectivity index (χ0n) is 14.6. The number of carbonyl (C=O) groups is 1. The summed E-state index contributed by atoms with van der Waals surface area (Å²) in [4.78, 5) is 17.8. The number of benzene rings is 1. The summed E-state index contributed by atoms with van der Waals surface area (Å²) in [7, 11) is 0. The predicted molar refractivity (Wildman–Crippen MR) is 100 cm³/mol. The van der Waals surface area contributed by atoms with E-state index in [0.717, 1.165) is 34.7 Å². The number of thiazole rings is 1. The van der Waals surface area contributed by atoms with Gasteiger partial charge in [-0.15, -0.1) is 11.3 Å². The fraction of sp³-hybridized carbons (Fsp3) is 0.474. The summed E-state index contributed by atoms with van der Waals surface area (Å²) in [6.07, 6.45) is 4.48. The van der Waals surface area contributed by atoms with Crippen LogP contribution in [0.4, 0.5) is 4.79 Å². The molecule has 25 heavy (non-hydrogen) atoms. The Bertz CT molecular complexity index is 803. The largest absolute Gasteiger partial charge is 0.444 e. The van der Waals surface area contributed by atoms with Crippen molar-refractivity contribution in [1.82, 2.24) is 10.3 Å². The van der Waals surface area contributed by atoms with Crippen molar-refractivity contribution >= 4 is 29.0 Å². The van der Waals surface area contributed by atoms with Gasteiger partial charge in [-0.2, -0.15) is 0 Å². The molecule has 1 aromatic heterocycles. The van der Waals surface area contributed by atoms with Crippen molar-refractivity contribution in [2.75, 3.05) is 0 Å². The molecule has 0 spiro atoms. The first-order valence-electron chi connectivity index (χ1n) is 8.42. The SMILES string of the molecule is CC(C)(C)OC(=O)NC12CC(c3ncc(-c4ccc(Cl)cc4)s3)(C1)C2. The van der Waals surface area contributed by atoms with Gasteiger partial charge in [-0.25, -0.2) is 9.78 Å². The molecule has 1 amide bonds. The van der Waals surface area contributed by atoms with Crippen molar-refractivity contribution in [1.29, 1.82) is 0 Å². The molecular formula is C19H21ClN2O2S. The third-order valence-electron chi connectivity index (χ3n) is 4.88. The topological polar surface area (TPSA) is 51.2 Å². The van der Waals surface area contributed by atoms with Crippen molar-refractivity contribution in [2.24, 2.45) is 0 Å². The average Bonchev–Trinajstić information content (AvgIpc) is 2.89. The molecule has 3 aliphatic rings. The number of carbonyl (C=O) groups excluding carboxylic acids is 1. The number of alkyl carbamates (subject to hydrolysis) is 1. The van der Waals surface area contributed by atoms with E-state index in [1.165, 1.54) is 5.01 Å². The maximum atomic E-state index is 12.0. The highest BCUT2D eigenvalue weighted by Gasteiger charge is 2.70. The highest BCUT2D eigenvalue weighted by Crippen LogP contribution is 2.68. The second-order valence-electron chi connectivity index (χ2n) is 8.25. The summed E-state index contributed by atoms with van der Waals surface area (Å²) in [5, 5.41) is 4.97. The Morgan fingerprint density at radius 2 is 1.88 bits per heavy atom. The minimum absolute atomic E-state index is 0.0889. The summed E-state index contributed by atoms with van der Waals surface area (Å²) in [6.45, 7) is 5.64. The molecule has 0 saturated heterocycles.